The van der Waals surface area contributed by atoms with E-state index in [0.717, 1.165) is 28.4 Å². The molecule has 4 aromatic rings. The number of ether oxygens (including phenoxy) is 1. The van der Waals surface area contributed by atoms with Crippen LogP contribution in [0.5, 0.6) is 5.75 Å². The quantitative estimate of drug-likeness (QED) is 0.513. The Kier molecular flexibility index (Phi) is 4.21. The van der Waals surface area contributed by atoms with Crippen molar-refractivity contribution < 1.29 is 4.74 Å². The first-order valence-corrected chi connectivity index (χ1v) is 9.25. The fraction of sp³-hybridized carbons (Fsp3) is 0.0952. The number of para-hydroxylation sites is 1. The summed E-state index contributed by atoms with van der Waals surface area (Å²) < 4.78 is 7.95. The molecular formula is C21H19N7O. The highest BCUT2D eigenvalue weighted by molar-refractivity contribution is 5.70. The monoisotopic (exact) mass is 385 g/mol. The zero-order chi connectivity index (χ0) is 19.6. The minimum Gasteiger partial charge on any atom is -0.462 e. The second-order valence-electron chi connectivity index (χ2n) is 6.71. The Labute approximate surface area is 166 Å². The van der Waals surface area contributed by atoms with E-state index in [1.807, 2.05) is 53.1 Å². The van der Waals surface area contributed by atoms with Crippen LogP contribution in [0.25, 0.3) is 16.9 Å². The molecule has 8 heteroatoms. The van der Waals surface area contributed by atoms with Crippen molar-refractivity contribution in [3.8, 4) is 17.0 Å². The summed E-state index contributed by atoms with van der Waals surface area (Å²) in [6, 6.07) is 9.82. The van der Waals surface area contributed by atoms with Crippen LogP contribution in [0.1, 0.15) is 6.42 Å². The van der Waals surface area contributed by atoms with Gasteiger partial charge in [0.2, 0.25) is 0 Å². The Morgan fingerprint density at radius 2 is 2.03 bits per heavy atom. The zero-order valence-corrected chi connectivity index (χ0v) is 15.5. The average Bonchev–Trinajstić information content (AvgIpc) is 3.36. The highest BCUT2D eigenvalue weighted by Gasteiger charge is 2.17. The fourth-order valence-corrected chi connectivity index (χ4v) is 3.35. The molecule has 1 aliphatic rings. The highest BCUT2D eigenvalue weighted by Crippen LogP contribution is 2.25. The third-order valence-electron chi connectivity index (χ3n) is 4.69. The van der Waals surface area contributed by atoms with Gasteiger partial charge in [-0.2, -0.15) is 9.89 Å². The van der Waals surface area contributed by atoms with Gasteiger partial charge < -0.3 is 15.9 Å². The van der Waals surface area contributed by atoms with Crippen molar-refractivity contribution >= 4 is 11.5 Å². The van der Waals surface area contributed by atoms with Gasteiger partial charge in [0.15, 0.2) is 11.5 Å². The summed E-state index contributed by atoms with van der Waals surface area (Å²) >= 11 is 0. The van der Waals surface area contributed by atoms with Crippen LogP contribution in [0, 0.1) is 0 Å². The van der Waals surface area contributed by atoms with Gasteiger partial charge >= 0.3 is 0 Å². The Balaban J connectivity index is 1.36. The molecule has 1 atom stereocenters. The van der Waals surface area contributed by atoms with E-state index in [2.05, 4.69) is 26.5 Å². The second-order valence-corrected chi connectivity index (χ2v) is 6.71. The molecule has 0 fully saturated rings. The maximum absolute atomic E-state index is 5.98. The van der Waals surface area contributed by atoms with E-state index in [0.29, 0.717) is 12.2 Å². The molecule has 29 heavy (non-hydrogen) atoms. The lowest BCUT2D eigenvalue weighted by Gasteiger charge is -2.20. The van der Waals surface area contributed by atoms with Crippen LogP contribution in [0.3, 0.4) is 0 Å². The molecule has 1 aliphatic carbocycles. The number of aromatic nitrogens is 5. The van der Waals surface area contributed by atoms with Crippen molar-refractivity contribution in [1.29, 1.82) is 0 Å². The van der Waals surface area contributed by atoms with Gasteiger partial charge in [0, 0.05) is 24.4 Å². The first-order chi connectivity index (χ1) is 14.3. The molecular weight excluding hydrogens is 366 g/mol. The van der Waals surface area contributed by atoms with Gasteiger partial charge in [-0.25, -0.2) is 9.97 Å². The van der Waals surface area contributed by atoms with Crippen LogP contribution >= 0.6 is 0 Å². The maximum atomic E-state index is 5.98. The number of hydrogen-bond donors (Lipinski definition) is 2. The molecule has 1 aromatic carbocycles. The second kappa shape index (κ2) is 7.16. The highest BCUT2D eigenvalue weighted by atomic mass is 16.5. The lowest BCUT2D eigenvalue weighted by molar-refractivity contribution is 0.398. The summed E-state index contributed by atoms with van der Waals surface area (Å²) in [6.07, 6.45) is 15.6. The number of nitrogens with one attached hydrogen (secondary N) is 1. The minimum absolute atomic E-state index is 0.0457. The van der Waals surface area contributed by atoms with Gasteiger partial charge in [-0.3, -0.25) is 4.40 Å². The van der Waals surface area contributed by atoms with Crippen molar-refractivity contribution in [3.63, 3.8) is 0 Å². The van der Waals surface area contributed by atoms with E-state index >= 15 is 0 Å². The zero-order valence-electron chi connectivity index (χ0n) is 15.5. The topological polar surface area (TPSA) is 95.3 Å². The third-order valence-corrected chi connectivity index (χ3v) is 4.69. The lowest BCUT2D eigenvalue weighted by Crippen LogP contribution is -2.22. The summed E-state index contributed by atoms with van der Waals surface area (Å²) in [5, 5.41) is 7.49. The Morgan fingerprint density at radius 1 is 1.14 bits per heavy atom. The van der Waals surface area contributed by atoms with Crippen molar-refractivity contribution in [2.24, 2.45) is 0 Å². The summed E-state index contributed by atoms with van der Waals surface area (Å²) in [6.45, 7) is 0. The molecule has 0 spiro atoms. The smallest absolute Gasteiger partial charge is 0.180 e. The number of benzene rings is 1. The van der Waals surface area contributed by atoms with Gasteiger partial charge in [0.1, 0.15) is 11.5 Å². The van der Waals surface area contributed by atoms with E-state index in [4.69, 9.17) is 10.6 Å². The van der Waals surface area contributed by atoms with E-state index in [1.165, 1.54) is 4.79 Å². The first kappa shape index (κ1) is 17.1. The van der Waals surface area contributed by atoms with Crippen LogP contribution in [-0.2, 0) is 0 Å². The van der Waals surface area contributed by atoms with Crippen molar-refractivity contribution in [3.05, 3.63) is 85.3 Å². The Bertz CT molecular complexity index is 1210. The molecule has 144 valence electrons. The van der Waals surface area contributed by atoms with E-state index in [9.17, 15) is 0 Å². The molecule has 0 bridgehead atoms. The summed E-state index contributed by atoms with van der Waals surface area (Å²) in [7, 11) is 0. The van der Waals surface area contributed by atoms with Crippen molar-refractivity contribution in [2.75, 3.05) is 11.2 Å². The number of nitrogens with zero attached hydrogens (tertiary/aromatic N) is 5. The van der Waals surface area contributed by atoms with Crippen LogP contribution in [0.2, 0.25) is 0 Å². The summed E-state index contributed by atoms with van der Waals surface area (Å²) in [4.78, 5) is 10.3. The number of rotatable bonds is 5. The number of anilines is 1. The van der Waals surface area contributed by atoms with Gasteiger partial charge in [0.05, 0.1) is 30.3 Å². The molecule has 0 saturated carbocycles. The van der Waals surface area contributed by atoms with Gasteiger partial charge in [-0.1, -0.05) is 30.4 Å². The summed E-state index contributed by atoms with van der Waals surface area (Å²) in [5.41, 5.74) is 2.52. The predicted octanol–water partition coefficient (Wildman–Crippen LogP) is 3.01. The van der Waals surface area contributed by atoms with Crippen LogP contribution in [0.4, 0.5) is 5.82 Å². The predicted molar refractivity (Wildman–Crippen MR) is 111 cm³/mol. The van der Waals surface area contributed by atoms with Crippen molar-refractivity contribution in [1.82, 2.24) is 24.3 Å². The molecule has 0 saturated heterocycles. The molecule has 0 aliphatic heterocycles. The van der Waals surface area contributed by atoms with Crippen LogP contribution in [0.15, 0.2) is 85.3 Å². The van der Waals surface area contributed by atoms with Gasteiger partial charge in [-0.15, -0.1) is 0 Å². The third kappa shape index (κ3) is 3.43. The minimum atomic E-state index is 0.0457. The first-order valence-electron chi connectivity index (χ1n) is 9.25. The number of hydrogen-bond acceptors (Lipinski definition) is 6. The molecule has 0 radical (unpaired) electrons. The number of fused-ring (bicyclic) bond motifs is 1. The molecule has 5 rings (SSSR count). The Hall–Kier alpha value is -4.07. The standard InChI is InChI=1S/C21H19N7O/c22-28-14-15(12-25-28)19-13-24-21-20(23-9-10-27(19)21)26-16-5-4-8-18(11-16)29-17-6-2-1-3-7-17/h1-10,12-14,16H,11,22H2,(H,23,26). The fourth-order valence-electron chi connectivity index (χ4n) is 3.35. The van der Waals surface area contributed by atoms with Crippen molar-refractivity contribution in [2.45, 2.75) is 12.5 Å². The van der Waals surface area contributed by atoms with Gasteiger partial charge in [0.25, 0.3) is 0 Å². The van der Waals surface area contributed by atoms with E-state index < -0.39 is 0 Å². The summed E-state index contributed by atoms with van der Waals surface area (Å²) in [5.74, 6) is 8.10. The van der Waals surface area contributed by atoms with Crippen LogP contribution in [-0.4, -0.2) is 30.3 Å². The maximum Gasteiger partial charge on any atom is 0.180 e. The lowest BCUT2D eigenvalue weighted by atomic mass is 10.1. The number of nitrogen functional groups attached to an aromatic ring is 1. The Morgan fingerprint density at radius 3 is 2.86 bits per heavy atom. The van der Waals surface area contributed by atoms with Gasteiger partial charge in [-0.05, 0) is 18.2 Å². The number of allylic oxidation sites excluding steroid dienone is 2. The molecule has 3 heterocycles. The number of imidazole rings is 1. The molecule has 0 amide bonds. The normalized spacial score (nSPS) is 16.0. The van der Waals surface area contributed by atoms with E-state index in [1.54, 1.807) is 24.8 Å². The molecule has 8 nitrogen and oxygen atoms in total. The number of nitrogens with two attached hydrogens (primary N) is 1. The SMILES string of the molecule is Nn1cc(-c2cnc3c(NC4C=CC=C(Oc5ccccc5)C4)nccn23)cn1. The van der Waals surface area contributed by atoms with E-state index in [-0.39, 0.29) is 6.04 Å². The molecule has 3 N–H and O–H groups in total. The van der Waals surface area contributed by atoms with Crippen LogP contribution < -0.4 is 15.9 Å². The molecule has 3 aromatic heterocycles. The average molecular weight is 385 g/mol. The molecule has 1 unspecified atom stereocenters. The largest absolute Gasteiger partial charge is 0.462 e.